The lowest BCUT2D eigenvalue weighted by Gasteiger charge is -2.55. The highest BCUT2D eigenvalue weighted by Crippen LogP contribution is 2.62. The summed E-state index contributed by atoms with van der Waals surface area (Å²) in [5.41, 5.74) is 2.96. The number of hydrogen-bond donors (Lipinski definition) is 2. The third kappa shape index (κ3) is 2.25. The predicted octanol–water partition coefficient (Wildman–Crippen LogP) is 3.49. The predicted molar refractivity (Wildman–Crippen MR) is 97.1 cm³/mol. The van der Waals surface area contributed by atoms with Crippen molar-refractivity contribution in [2.45, 2.75) is 64.9 Å². The van der Waals surface area contributed by atoms with Gasteiger partial charge in [-0.2, -0.15) is 0 Å². The molecule has 4 nitrogen and oxygen atoms in total. The Morgan fingerprint density at radius 2 is 2.21 bits per heavy atom. The smallest absolute Gasteiger partial charge is 0.423 e. The molecule has 1 saturated carbocycles. The Morgan fingerprint density at radius 3 is 2.92 bits per heavy atom. The van der Waals surface area contributed by atoms with Crippen molar-refractivity contribution >= 4 is 23.6 Å². The van der Waals surface area contributed by atoms with E-state index in [9.17, 15) is 5.02 Å². The Morgan fingerprint density at radius 1 is 1.42 bits per heavy atom. The van der Waals surface area contributed by atoms with E-state index in [4.69, 9.17) is 4.65 Å². The number of aromatic amines is 1. The molecular formula is C19H27BN2O2. The Labute approximate surface area is 144 Å². The van der Waals surface area contributed by atoms with Crippen molar-refractivity contribution in [3.8, 4) is 0 Å². The average molecular weight is 326 g/mol. The van der Waals surface area contributed by atoms with Crippen molar-refractivity contribution in [1.29, 1.82) is 0 Å². The first-order valence-corrected chi connectivity index (χ1v) is 9.35. The molecule has 1 fully saturated rings. The number of H-pyrrole nitrogens is 1. The van der Waals surface area contributed by atoms with Crippen LogP contribution in [0.4, 0.5) is 0 Å². The highest BCUT2D eigenvalue weighted by molar-refractivity contribution is 6.62. The molecular weight excluding hydrogens is 299 g/mol. The number of fused-ring (bicyclic) bond motifs is 4. The highest BCUT2D eigenvalue weighted by atomic mass is 16.5. The van der Waals surface area contributed by atoms with Crippen LogP contribution < -0.4 is 5.46 Å². The Balaban J connectivity index is 1.64. The van der Waals surface area contributed by atoms with Crippen LogP contribution in [0.1, 0.15) is 64.9 Å². The number of hydrogen-bond acceptors (Lipinski definition) is 3. The fourth-order valence-corrected chi connectivity index (χ4v) is 4.84. The van der Waals surface area contributed by atoms with Gasteiger partial charge in [-0.05, 0) is 42.2 Å². The van der Waals surface area contributed by atoms with Crippen molar-refractivity contribution in [2.24, 2.45) is 11.3 Å². The summed E-state index contributed by atoms with van der Waals surface area (Å²) in [5, 5.41) is 11.5. The van der Waals surface area contributed by atoms with Gasteiger partial charge in [0.1, 0.15) is 5.65 Å². The minimum Gasteiger partial charge on any atom is -0.423 e. The summed E-state index contributed by atoms with van der Waals surface area (Å²) in [6.45, 7) is 6.92. The molecule has 1 spiro atoms. The first-order chi connectivity index (χ1) is 11.5. The van der Waals surface area contributed by atoms with Gasteiger partial charge in [0.25, 0.3) is 0 Å². The van der Waals surface area contributed by atoms with Crippen LogP contribution in [0.5, 0.6) is 0 Å². The summed E-state index contributed by atoms with van der Waals surface area (Å²) in [7, 11) is -0.837. The lowest BCUT2D eigenvalue weighted by atomic mass is 9.53. The van der Waals surface area contributed by atoms with Crippen LogP contribution >= 0.6 is 0 Å². The van der Waals surface area contributed by atoms with Crippen molar-refractivity contribution in [3.63, 3.8) is 0 Å². The monoisotopic (exact) mass is 326 g/mol. The average Bonchev–Trinajstić information content (AvgIpc) is 3.13. The van der Waals surface area contributed by atoms with Crippen molar-refractivity contribution in [2.75, 3.05) is 0 Å². The molecule has 128 valence electrons. The van der Waals surface area contributed by atoms with Crippen LogP contribution in [-0.2, 0) is 10.3 Å². The van der Waals surface area contributed by atoms with Crippen LogP contribution in [0.2, 0.25) is 0 Å². The van der Waals surface area contributed by atoms with E-state index in [1.807, 2.05) is 6.20 Å². The summed E-state index contributed by atoms with van der Waals surface area (Å²) in [6.07, 6.45) is 10.7. The Bertz CT molecular complexity index is 751. The first kappa shape index (κ1) is 16.2. The van der Waals surface area contributed by atoms with Crippen LogP contribution in [0.15, 0.2) is 18.5 Å². The summed E-state index contributed by atoms with van der Waals surface area (Å²) in [4.78, 5) is 7.60. The maximum atomic E-state index is 10.4. The van der Waals surface area contributed by atoms with Crippen LogP contribution in [0.3, 0.4) is 0 Å². The number of rotatable bonds is 5. The van der Waals surface area contributed by atoms with E-state index in [1.165, 1.54) is 31.2 Å². The van der Waals surface area contributed by atoms with E-state index in [-0.39, 0.29) is 5.60 Å². The quantitative estimate of drug-likeness (QED) is 0.827. The molecule has 0 aromatic carbocycles. The molecule has 2 aromatic heterocycles. The molecule has 0 saturated heterocycles. The SMILES string of the molecule is CCC(C)CCC1(CC)CC2(C1)OB(O)c1cnc3[nH]ccc3c12. The van der Waals surface area contributed by atoms with Gasteiger partial charge in [0.2, 0.25) is 0 Å². The maximum absolute atomic E-state index is 10.4. The molecule has 0 amide bonds. The van der Waals surface area contributed by atoms with Gasteiger partial charge >= 0.3 is 7.12 Å². The van der Waals surface area contributed by atoms with Gasteiger partial charge in [0.15, 0.2) is 0 Å². The fourth-order valence-electron chi connectivity index (χ4n) is 4.84. The summed E-state index contributed by atoms with van der Waals surface area (Å²) in [6, 6.07) is 2.06. The molecule has 2 N–H and O–H groups in total. The topological polar surface area (TPSA) is 58.1 Å². The van der Waals surface area contributed by atoms with Gasteiger partial charge in [0, 0.05) is 23.2 Å². The van der Waals surface area contributed by atoms with E-state index >= 15 is 0 Å². The molecule has 2 aromatic rings. The fraction of sp³-hybridized carbons (Fsp3) is 0.632. The standard InChI is InChI=1S/C19H27BN2O2/c1-4-13(3)6-8-18(5-2)11-19(12-18)16-14-7-9-21-17(14)22-10-15(16)20(23)24-19/h7,9-10,13,23H,4-6,8,11-12H2,1-3H3,(H,21,22). The normalized spacial score (nSPS) is 29.9. The van der Waals surface area contributed by atoms with E-state index in [0.717, 1.165) is 35.3 Å². The molecule has 1 atom stereocenters. The van der Waals surface area contributed by atoms with E-state index in [1.54, 1.807) is 6.20 Å². The minimum atomic E-state index is -0.837. The van der Waals surface area contributed by atoms with Gasteiger partial charge in [-0.1, -0.05) is 40.0 Å². The maximum Gasteiger partial charge on any atom is 0.493 e. The molecule has 1 unspecified atom stereocenters. The van der Waals surface area contributed by atoms with Gasteiger partial charge in [0.05, 0.1) is 5.60 Å². The zero-order valence-electron chi connectivity index (χ0n) is 14.9. The van der Waals surface area contributed by atoms with Crippen LogP contribution in [-0.4, -0.2) is 22.1 Å². The molecule has 1 aliphatic carbocycles. The Hall–Kier alpha value is -1.33. The van der Waals surface area contributed by atoms with E-state index in [2.05, 4.69) is 36.8 Å². The number of aromatic nitrogens is 2. The molecule has 1 aliphatic heterocycles. The van der Waals surface area contributed by atoms with Crippen molar-refractivity contribution in [3.05, 3.63) is 24.0 Å². The van der Waals surface area contributed by atoms with Crippen molar-refractivity contribution in [1.82, 2.24) is 9.97 Å². The Kier molecular flexibility index (Phi) is 3.77. The summed E-state index contributed by atoms with van der Waals surface area (Å²) < 4.78 is 6.12. The minimum absolute atomic E-state index is 0.316. The van der Waals surface area contributed by atoms with Gasteiger partial charge in [-0.15, -0.1) is 0 Å². The first-order valence-electron chi connectivity index (χ1n) is 9.35. The second kappa shape index (κ2) is 5.60. The zero-order valence-corrected chi connectivity index (χ0v) is 14.9. The van der Waals surface area contributed by atoms with Gasteiger partial charge in [-0.3, -0.25) is 0 Å². The number of nitrogens with zero attached hydrogens (tertiary/aromatic N) is 1. The lowest BCUT2D eigenvalue weighted by Crippen LogP contribution is -2.50. The van der Waals surface area contributed by atoms with Crippen LogP contribution in [0, 0.1) is 11.3 Å². The largest absolute Gasteiger partial charge is 0.493 e. The third-order valence-electron chi connectivity index (χ3n) is 6.61. The molecule has 24 heavy (non-hydrogen) atoms. The molecule has 0 bridgehead atoms. The van der Waals surface area contributed by atoms with Crippen molar-refractivity contribution < 1.29 is 9.68 Å². The second-order valence-corrected chi connectivity index (χ2v) is 8.05. The third-order valence-corrected chi connectivity index (χ3v) is 6.61. The second-order valence-electron chi connectivity index (χ2n) is 8.05. The number of nitrogens with one attached hydrogen (secondary N) is 1. The molecule has 5 heteroatoms. The molecule has 4 rings (SSSR count). The zero-order chi connectivity index (χ0) is 16.9. The summed E-state index contributed by atoms with van der Waals surface area (Å²) >= 11 is 0. The summed E-state index contributed by atoms with van der Waals surface area (Å²) in [5.74, 6) is 0.785. The molecule has 2 aliphatic rings. The molecule has 3 heterocycles. The van der Waals surface area contributed by atoms with E-state index in [0.29, 0.717) is 5.41 Å². The van der Waals surface area contributed by atoms with E-state index < -0.39 is 7.12 Å². The number of pyridine rings is 1. The molecule has 0 radical (unpaired) electrons. The highest BCUT2D eigenvalue weighted by Gasteiger charge is 2.61. The van der Waals surface area contributed by atoms with Crippen LogP contribution in [0.25, 0.3) is 11.0 Å². The lowest BCUT2D eigenvalue weighted by molar-refractivity contribution is -0.123. The van der Waals surface area contributed by atoms with Gasteiger partial charge in [-0.25, -0.2) is 4.98 Å². The van der Waals surface area contributed by atoms with Gasteiger partial charge < -0.3 is 14.7 Å².